The van der Waals surface area contributed by atoms with Gasteiger partial charge in [-0.3, -0.25) is 14.4 Å². The van der Waals surface area contributed by atoms with Gasteiger partial charge in [0.15, 0.2) is 11.5 Å². The number of ether oxygens (including phenoxy) is 3. The standard InChI is InChI=1S/C27H30N2O6/c1-26(2)23(27(26,3)4)25(32)28(14-16-6-11-20-21(12-16)35-15-34-20)19-13-22(30)29(24(19)31)17-7-9-18(33-5)10-8-17/h6-12,19,23H,13-15H2,1-5H3. The lowest BCUT2D eigenvalue weighted by Crippen LogP contribution is -2.46. The number of anilines is 1. The molecule has 2 fully saturated rings. The summed E-state index contributed by atoms with van der Waals surface area (Å²) < 4.78 is 16.1. The second kappa shape index (κ2) is 8.00. The van der Waals surface area contributed by atoms with E-state index in [1.165, 1.54) is 4.90 Å². The van der Waals surface area contributed by atoms with Crippen molar-refractivity contribution in [3.8, 4) is 17.2 Å². The van der Waals surface area contributed by atoms with Crippen LogP contribution in [0.3, 0.4) is 0 Å². The summed E-state index contributed by atoms with van der Waals surface area (Å²) in [6.07, 6.45) is -0.0608. The maximum Gasteiger partial charge on any atom is 0.257 e. The maximum absolute atomic E-state index is 13.9. The number of carbonyl (C=O) groups is 3. The van der Waals surface area contributed by atoms with Crippen LogP contribution in [-0.4, -0.2) is 42.6 Å². The molecule has 2 aromatic carbocycles. The van der Waals surface area contributed by atoms with Crippen molar-refractivity contribution >= 4 is 23.4 Å². The minimum Gasteiger partial charge on any atom is -0.497 e. The Morgan fingerprint density at radius 1 is 1.03 bits per heavy atom. The Balaban J connectivity index is 1.47. The van der Waals surface area contributed by atoms with Crippen LogP contribution in [0.1, 0.15) is 39.7 Å². The molecule has 2 aromatic rings. The van der Waals surface area contributed by atoms with Crippen LogP contribution in [0.4, 0.5) is 5.69 Å². The van der Waals surface area contributed by atoms with Gasteiger partial charge in [-0.15, -0.1) is 0 Å². The molecule has 3 aliphatic rings. The van der Waals surface area contributed by atoms with Crippen LogP contribution in [0.2, 0.25) is 0 Å². The second-order valence-corrected chi connectivity index (χ2v) is 10.5. The van der Waals surface area contributed by atoms with Gasteiger partial charge in [0.2, 0.25) is 18.6 Å². The molecule has 1 saturated heterocycles. The number of rotatable bonds is 6. The predicted octanol–water partition coefficient (Wildman–Crippen LogP) is 3.77. The molecule has 8 heteroatoms. The van der Waals surface area contributed by atoms with Gasteiger partial charge in [0.05, 0.1) is 19.2 Å². The van der Waals surface area contributed by atoms with Gasteiger partial charge in [0.25, 0.3) is 5.91 Å². The quantitative estimate of drug-likeness (QED) is 0.588. The van der Waals surface area contributed by atoms with Crippen molar-refractivity contribution in [2.75, 3.05) is 18.8 Å². The Morgan fingerprint density at radius 2 is 1.69 bits per heavy atom. The van der Waals surface area contributed by atoms with Crippen molar-refractivity contribution in [3.63, 3.8) is 0 Å². The zero-order chi connectivity index (χ0) is 25.1. The molecule has 0 spiro atoms. The normalized spacial score (nSPS) is 21.9. The van der Waals surface area contributed by atoms with Crippen molar-refractivity contribution in [3.05, 3.63) is 48.0 Å². The molecule has 1 saturated carbocycles. The van der Waals surface area contributed by atoms with Gasteiger partial charge in [0.1, 0.15) is 11.8 Å². The van der Waals surface area contributed by atoms with E-state index in [0.717, 1.165) is 5.56 Å². The molecule has 1 unspecified atom stereocenters. The number of benzene rings is 2. The van der Waals surface area contributed by atoms with Gasteiger partial charge >= 0.3 is 0 Å². The first-order chi connectivity index (χ1) is 16.6. The summed E-state index contributed by atoms with van der Waals surface area (Å²) in [7, 11) is 1.55. The highest BCUT2D eigenvalue weighted by atomic mass is 16.7. The average molecular weight is 479 g/mol. The molecule has 184 valence electrons. The Hall–Kier alpha value is -3.55. The lowest BCUT2D eigenvalue weighted by atomic mass is 10.0. The van der Waals surface area contributed by atoms with E-state index in [1.54, 1.807) is 42.3 Å². The molecule has 3 amide bonds. The third kappa shape index (κ3) is 3.63. The third-order valence-electron chi connectivity index (χ3n) is 8.17. The fourth-order valence-corrected chi connectivity index (χ4v) is 5.42. The number of hydrogen-bond donors (Lipinski definition) is 0. The van der Waals surface area contributed by atoms with Gasteiger partial charge in [-0.2, -0.15) is 0 Å². The topological polar surface area (TPSA) is 85.4 Å². The van der Waals surface area contributed by atoms with Gasteiger partial charge in [0, 0.05) is 12.5 Å². The first kappa shape index (κ1) is 23.2. The first-order valence-electron chi connectivity index (χ1n) is 11.8. The maximum atomic E-state index is 13.9. The predicted molar refractivity (Wildman–Crippen MR) is 128 cm³/mol. The van der Waals surface area contributed by atoms with Crippen molar-refractivity contribution < 1.29 is 28.6 Å². The highest BCUT2D eigenvalue weighted by Gasteiger charge is 2.69. The molecule has 35 heavy (non-hydrogen) atoms. The van der Waals surface area contributed by atoms with Crippen LogP contribution >= 0.6 is 0 Å². The number of imide groups is 1. The van der Waals surface area contributed by atoms with E-state index in [-0.39, 0.29) is 48.3 Å². The second-order valence-electron chi connectivity index (χ2n) is 10.5. The molecule has 5 rings (SSSR count). The number of hydrogen-bond acceptors (Lipinski definition) is 6. The lowest BCUT2D eigenvalue weighted by molar-refractivity contribution is -0.141. The summed E-state index contributed by atoms with van der Waals surface area (Å²) in [6.45, 7) is 8.62. The van der Waals surface area contributed by atoms with Crippen LogP contribution in [-0.2, 0) is 20.9 Å². The fourth-order valence-electron chi connectivity index (χ4n) is 5.42. The highest BCUT2D eigenvalue weighted by molar-refractivity contribution is 6.23. The SMILES string of the molecule is COc1ccc(N2C(=O)CC(N(Cc3ccc4c(c3)OCO4)C(=O)C3C(C)(C)C3(C)C)C2=O)cc1. The smallest absolute Gasteiger partial charge is 0.257 e. The van der Waals surface area contributed by atoms with Crippen LogP contribution < -0.4 is 19.1 Å². The van der Waals surface area contributed by atoms with Gasteiger partial charge in [-0.1, -0.05) is 33.8 Å². The summed E-state index contributed by atoms with van der Waals surface area (Å²) in [5.41, 5.74) is 0.852. The van der Waals surface area contributed by atoms with Crippen molar-refractivity contribution in [2.24, 2.45) is 16.7 Å². The minimum atomic E-state index is -0.880. The van der Waals surface area contributed by atoms with Gasteiger partial charge in [-0.05, 0) is 52.8 Å². The summed E-state index contributed by atoms with van der Waals surface area (Å²) in [5.74, 6) is 0.794. The summed E-state index contributed by atoms with van der Waals surface area (Å²) in [6, 6.07) is 11.4. The molecular weight excluding hydrogens is 448 g/mol. The molecule has 0 aromatic heterocycles. The molecule has 1 atom stereocenters. The molecule has 2 heterocycles. The lowest BCUT2D eigenvalue weighted by Gasteiger charge is -2.29. The van der Waals surface area contributed by atoms with Gasteiger partial charge < -0.3 is 19.1 Å². The van der Waals surface area contributed by atoms with Crippen molar-refractivity contribution in [1.29, 1.82) is 0 Å². The number of nitrogens with zero attached hydrogens (tertiary/aromatic N) is 2. The number of fused-ring (bicyclic) bond motifs is 1. The molecule has 2 aliphatic heterocycles. The Labute approximate surface area is 204 Å². The largest absolute Gasteiger partial charge is 0.497 e. The molecule has 1 aliphatic carbocycles. The molecule has 8 nitrogen and oxygen atoms in total. The van der Waals surface area contributed by atoms with E-state index >= 15 is 0 Å². The fraction of sp³-hybridized carbons (Fsp3) is 0.444. The third-order valence-corrected chi connectivity index (χ3v) is 8.17. The van der Waals surface area contributed by atoms with E-state index in [0.29, 0.717) is 22.9 Å². The van der Waals surface area contributed by atoms with E-state index in [2.05, 4.69) is 27.7 Å². The Morgan fingerprint density at radius 3 is 2.31 bits per heavy atom. The summed E-state index contributed by atoms with van der Waals surface area (Å²) in [5, 5.41) is 0. The van der Waals surface area contributed by atoms with E-state index < -0.39 is 11.9 Å². The van der Waals surface area contributed by atoms with Crippen LogP contribution in [0, 0.1) is 16.7 Å². The first-order valence-corrected chi connectivity index (χ1v) is 11.8. The molecule has 0 radical (unpaired) electrons. The monoisotopic (exact) mass is 478 g/mol. The van der Waals surface area contributed by atoms with E-state index in [9.17, 15) is 14.4 Å². The highest BCUT2D eigenvalue weighted by Crippen LogP contribution is 2.69. The zero-order valence-corrected chi connectivity index (χ0v) is 20.7. The number of methoxy groups -OCH3 is 1. The summed E-state index contributed by atoms with van der Waals surface area (Å²) in [4.78, 5) is 43.3. The van der Waals surface area contributed by atoms with Gasteiger partial charge in [-0.25, -0.2) is 4.90 Å². The molecule has 0 N–H and O–H groups in total. The Kier molecular flexibility index (Phi) is 5.30. The van der Waals surface area contributed by atoms with Crippen LogP contribution in [0.15, 0.2) is 42.5 Å². The summed E-state index contributed by atoms with van der Waals surface area (Å²) >= 11 is 0. The average Bonchev–Trinajstić information content (AvgIpc) is 3.19. The minimum absolute atomic E-state index is 0.0608. The number of carbonyl (C=O) groups excluding carboxylic acids is 3. The zero-order valence-electron chi connectivity index (χ0n) is 20.7. The van der Waals surface area contributed by atoms with Crippen molar-refractivity contribution in [2.45, 2.75) is 46.7 Å². The van der Waals surface area contributed by atoms with Crippen LogP contribution in [0.25, 0.3) is 0 Å². The van der Waals surface area contributed by atoms with Crippen LogP contribution in [0.5, 0.6) is 17.2 Å². The number of amides is 3. The van der Waals surface area contributed by atoms with E-state index in [4.69, 9.17) is 14.2 Å². The van der Waals surface area contributed by atoms with Crippen molar-refractivity contribution in [1.82, 2.24) is 4.90 Å². The van der Waals surface area contributed by atoms with E-state index in [1.807, 2.05) is 12.1 Å². The molecule has 0 bridgehead atoms. The molecular formula is C27H30N2O6. The Bertz CT molecular complexity index is 1190.